The summed E-state index contributed by atoms with van der Waals surface area (Å²) in [7, 11) is 1.90. The van der Waals surface area contributed by atoms with Gasteiger partial charge in [-0.3, -0.25) is 9.67 Å². The van der Waals surface area contributed by atoms with Gasteiger partial charge in [-0.2, -0.15) is 5.10 Å². The molecule has 0 unspecified atom stereocenters. The molecule has 0 saturated heterocycles. The van der Waals surface area contributed by atoms with Gasteiger partial charge in [0.05, 0.1) is 0 Å². The van der Waals surface area contributed by atoms with Crippen molar-refractivity contribution in [3.8, 4) is 17.1 Å². The number of nitrogens with one attached hydrogen (secondary N) is 2. The minimum absolute atomic E-state index is 0.581. The molecule has 2 aromatic carbocycles. The van der Waals surface area contributed by atoms with Crippen LogP contribution in [0.4, 0.5) is 5.69 Å². The van der Waals surface area contributed by atoms with Crippen molar-refractivity contribution >= 4 is 17.9 Å². The van der Waals surface area contributed by atoms with Crippen LogP contribution in [0, 0.1) is 4.77 Å². The SMILES string of the molecule is CNc1ccccc1-c1n[nH]c(=S)n1-c1ccccc1. The van der Waals surface area contributed by atoms with Crippen LogP contribution >= 0.6 is 12.2 Å². The Kier molecular flexibility index (Phi) is 3.35. The highest BCUT2D eigenvalue weighted by molar-refractivity contribution is 7.71. The standard InChI is InChI=1S/C15H14N4S/c1-16-13-10-6-5-9-12(13)14-17-18-15(20)19(14)11-7-3-2-4-8-11/h2-10,16H,1H3,(H,18,20). The molecule has 0 atom stereocenters. The Morgan fingerprint density at radius 3 is 2.50 bits per heavy atom. The molecule has 0 amide bonds. The van der Waals surface area contributed by atoms with E-state index in [-0.39, 0.29) is 0 Å². The molecule has 20 heavy (non-hydrogen) atoms. The Labute approximate surface area is 122 Å². The molecular weight excluding hydrogens is 268 g/mol. The second-order valence-electron chi connectivity index (χ2n) is 4.32. The van der Waals surface area contributed by atoms with E-state index in [2.05, 4.69) is 15.5 Å². The van der Waals surface area contributed by atoms with E-state index in [0.717, 1.165) is 22.8 Å². The summed E-state index contributed by atoms with van der Waals surface area (Å²) in [4.78, 5) is 0. The molecule has 0 aliphatic heterocycles. The van der Waals surface area contributed by atoms with Gasteiger partial charge in [-0.25, -0.2) is 0 Å². The molecule has 0 fully saturated rings. The van der Waals surface area contributed by atoms with Gasteiger partial charge in [0, 0.05) is 24.0 Å². The highest BCUT2D eigenvalue weighted by Crippen LogP contribution is 2.27. The van der Waals surface area contributed by atoms with Crippen molar-refractivity contribution in [2.75, 3.05) is 12.4 Å². The van der Waals surface area contributed by atoms with Crippen molar-refractivity contribution in [3.05, 3.63) is 59.4 Å². The van der Waals surface area contributed by atoms with E-state index in [0.29, 0.717) is 4.77 Å². The van der Waals surface area contributed by atoms with Gasteiger partial charge in [0.15, 0.2) is 10.6 Å². The number of H-pyrrole nitrogens is 1. The zero-order valence-electron chi connectivity index (χ0n) is 11.0. The van der Waals surface area contributed by atoms with Crippen LogP contribution in [0.5, 0.6) is 0 Å². The third kappa shape index (κ3) is 2.12. The van der Waals surface area contributed by atoms with Crippen LogP contribution in [0.3, 0.4) is 0 Å². The molecule has 0 spiro atoms. The molecule has 3 rings (SSSR count). The Morgan fingerprint density at radius 1 is 1.05 bits per heavy atom. The van der Waals surface area contributed by atoms with Gasteiger partial charge in [0.25, 0.3) is 0 Å². The molecule has 3 aromatic rings. The smallest absolute Gasteiger partial charge is 0.200 e. The fraction of sp³-hybridized carbons (Fsp3) is 0.0667. The molecule has 2 N–H and O–H groups in total. The van der Waals surface area contributed by atoms with Crippen molar-refractivity contribution < 1.29 is 0 Å². The number of anilines is 1. The summed E-state index contributed by atoms with van der Waals surface area (Å²) >= 11 is 5.36. The van der Waals surface area contributed by atoms with E-state index in [1.165, 1.54) is 0 Å². The minimum atomic E-state index is 0.581. The van der Waals surface area contributed by atoms with E-state index >= 15 is 0 Å². The Hall–Kier alpha value is -2.40. The quantitative estimate of drug-likeness (QED) is 0.721. The topological polar surface area (TPSA) is 45.6 Å². The number of hydrogen-bond donors (Lipinski definition) is 2. The molecule has 0 aliphatic rings. The number of rotatable bonds is 3. The maximum absolute atomic E-state index is 5.36. The number of nitrogens with zero attached hydrogens (tertiary/aromatic N) is 2. The predicted molar refractivity (Wildman–Crippen MR) is 83.7 cm³/mol. The van der Waals surface area contributed by atoms with Crippen LogP contribution in [0.1, 0.15) is 0 Å². The molecular formula is C15H14N4S. The van der Waals surface area contributed by atoms with Crippen LogP contribution in [-0.2, 0) is 0 Å². The largest absolute Gasteiger partial charge is 0.388 e. The molecule has 0 bridgehead atoms. The van der Waals surface area contributed by atoms with Gasteiger partial charge in [0.2, 0.25) is 0 Å². The lowest BCUT2D eigenvalue weighted by Gasteiger charge is -2.10. The lowest BCUT2D eigenvalue weighted by atomic mass is 10.1. The van der Waals surface area contributed by atoms with E-state index in [4.69, 9.17) is 12.2 Å². The molecule has 0 radical (unpaired) electrons. The molecule has 0 saturated carbocycles. The first-order chi connectivity index (χ1) is 9.81. The van der Waals surface area contributed by atoms with Crippen LogP contribution < -0.4 is 5.32 Å². The van der Waals surface area contributed by atoms with Crippen LogP contribution in [-0.4, -0.2) is 21.8 Å². The Morgan fingerprint density at radius 2 is 1.75 bits per heavy atom. The summed E-state index contributed by atoms with van der Waals surface area (Å²) in [6.45, 7) is 0. The Bertz CT molecular complexity index is 774. The molecule has 0 aliphatic carbocycles. The monoisotopic (exact) mass is 282 g/mol. The normalized spacial score (nSPS) is 10.4. The average Bonchev–Trinajstić information content (AvgIpc) is 2.89. The van der Waals surface area contributed by atoms with Crippen LogP contribution in [0.15, 0.2) is 54.6 Å². The van der Waals surface area contributed by atoms with Gasteiger partial charge in [-0.15, -0.1) is 0 Å². The third-order valence-electron chi connectivity index (χ3n) is 3.12. The van der Waals surface area contributed by atoms with Crippen molar-refractivity contribution in [1.29, 1.82) is 0 Å². The van der Waals surface area contributed by atoms with Crippen molar-refractivity contribution in [3.63, 3.8) is 0 Å². The van der Waals surface area contributed by atoms with Gasteiger partial charge >= 0.3 is 0 Å². The van der Waals surface area contributed by atoms with Crippen LogP contribution in [0.2, 0.25) is 0 Å². The fourth-order valence-corrected chi connectivity index (χ4v) is 2.43. The van der Waals surface area contributed by atoms with Crippen molar-refractivity contribution in [2.24, 2.45) is 0 Å². The zero-order chi connectivity index (χ0) is 13.9. The Balaban J connectivity index is 2.24. The highest BCUT2D eigenvalue weighted by atomic mass is 32.1. The summed E-state index contributed by atoms with van der Waals surface area (Å²) < 4.78 is 2.52. The number of aromatic amines is 1. The number of benzene rings is 2. The number of para-hydroxylation sites is 2. The fourth-order valence-electron chi connectivity index (χ4n) is 2.19. The lowest BCUT2D eigenvalue weighted by Crippen LogP contribution is -2.00. The van der Waals surface area contributed by atoms with E-state index < -0.39 is 0 Å². The molecule has 4 nitrogen and oxygen atoms in total. The van der Waals surface area contributed by atoms with E-state index in [1.54, 1.807) is 0 Å². The first-order valence-electron chi connectivity index (χ1n) is 6.31. The predicted octanol–water partition coefficient (Wildman–Crippen LogP) is 3.64. The maximum atomic E-state index is 5.36. The first kappa shape index (κ1) is 12.6. The van der Waals surface area contributed by atoms with Crippen LogP contribution in [0.25, 0.3) is 17.1 Å². The van der Waals surface area contributed by atoms with E-state index in [1.807, 2.05) is 66.2 Å². The molecule has 100 valence electrons. The first-order valence-corrected chi connectivity index (χ1v) is 6.72. The zero-order valence-corrected chi connectivity index (χ0v) is 11.8. The van der Waals surface area contributed by atoms with Gasteiger partial charge in [0.1, 0.15) is 0 Å². The summed E-state index contributed by atoms with van der Waals surface area (Å²) in [5.74, 6) is 0.797. The summed E-state index contributed by atoms with van der Waals surface area (Å²) in [5, 5.41) is 10.4. The van der Waals surface area contributed by atoms with Crippen molar-refractivity contribution in [2.45, 2.75) is 0 Å². The average molecular weight is 282 g/mol. The van der Waals surface area contributed by atoms with Gasteiger partial charge < -0.3 is 5.32 Å². The van der Waals surface area contributed by atoms with E-state index in [9.17, 15) is 0 Å². The lowest BCUT2D eigenvalue weighted by molar-refractivity contribution is 1.04. The molecule has 1 heterocycles. The second kappa shape index (κ2) is 5.30. The third-order valence-corrected chi connectivity index (χ3v) is 3.40. The molecule has 1 aromatic heterocycles. The van der Waals surface area contributed by atoms with Gasteiger partial charge in [-0.05, 0) is 36.5 Å². The minimum Gasteiger partial charge on any atom is -0.388 e. The van der Waals surface area contributed by atoms with Gasteiger partial charge in [-0.1, -0.05) is 30.3 Å². The highest BCUT2D eigenvalue weighted by Gasteiger charge is 2.13. The van der Waals surface area contributed by atoms with Crippen molar-refractivity contribution in [1.82, 2.24) is 14.8 Å². The summed E-state index contributed by atoms with van der Waals surface area (Å²) in [5.41, 5.74) is 3.01. The number of hydrogen-bond acceptors (Lipinski definition) is 3. The number of aromatic nitrogens is 3. The summed E-state index contributed by atoms with van der Waals surface area (Å²) in [6.07, 6.45) is 0. The maximum Gasteiger partial charge on any atom is 0.200 e. The molecule has 5 heteroatoms. The second-order valence-corrected chi connectivity index (χ2v) is 4.71. The summed E-state index contributed by atoms with van der Waals surface area (Å²) in [6, 6.07) is 18.0.